The third-order valence-electron chi connectivity index (χ3n) is 6.72. The van der Waals surface area contributed by atoms with Crippen LogP contribution in [0.5, 0.6) is 17.2 Å². The topological polar surface area (TPSA) is 107 Å². The number of methoxy groups -OCH3 is 2. The van der Waals surface area contributed by atoms with Crippen LogP contribution in [-0.4, -0.2) is 66.7 Å². The first kappa shape index (κ1) is 29.0. The van der Waals surface area contributed by atoms with Crippen LogP contribution in [0.4, 0.5) is 4.39 Å². The Balaban J connectivity index is 1.53. The molecule has 2 bridgehead atoms. The molecule has 2 amide bonds. The van der Waals surface area contributed by atoms with Crippen LogP contribution in [0.25, 0.3) is 0 Å². The molecule has 0 saturated carbocycles. The molecule has 0 fully saturated rings. The van der Waals surface area contributed by atoms with Crippen LogP contribution in [-0.2, 0) is 29.2 Å². The first-order valence-corrected chi connectivity index (χ1v) is 13.4. The van der Waals surface area contributed by atoms with E-state index in [1.165, 1.54) is 19.2 Å². The highest BCUT2D eigenvalue weighted by Gasteiger charge is 2.17. The minimum atomic E-state index is -0.491. The number of hydrogen-bond acceptors (Lipinski definition) is 7. The van der Waals surface area contributed by atoms with Gasteiger partial charge in [-0.15, -0.1) is 0 Å². The van der Waals surface area contributed by atoms with Crippen molar-refractivity contribution in [2.24, 2.45) is 0 Å². The van der Waals surface area contributed by atoms with Gasteiger partial charge in [0.25, 0.3) is 5.91 Å². The summed E-state index contributed by atoms with van der Waals surface area (Å²) in [6, 6.07) is 9.33. The fraction of sp³-hybridized carbons (Fsp3) is 0.414. The van der Waals surface area contributed by atoms with Gasteiger partial charge in [0.1, 0.15) is 11.6 Å². The quantitative estimate of drug-likeness (QED) is 0.481. The molecule has 40 heavy (non-hydrogen) atoms. The van der Waals surface area contributed by atoms with Gasteiger partial charge in [-0.2, -0.15) is 0 Å². The van der Waals surface area contributed by atoms with E-state index in [0.717, 1.165) is 12.1 Å². The number of halogens is 1. The molecule has 2 aliphatic heterocycles. The molecular formula is C29H36FN5O5. The third kappa shape index (κ3) is 7.80. The van der Waals surface area contributed by atoms with Crippen molar-refractivity contribution in [3.63, 3.8) is 0 Å². The molecule has 0 spiro atoms. The molecule has 2 aliphatic rings. The fourth-order valence-corrected chi connectivity index (χ4v) is 4.53. The number of carbonyl (C=O) groups is 2. The van der Waals surface area contributed by atoms with Crippen molar-refractivity contribution in [2.45, 2.75) is 38.9 Å². The number of nitrogens with zero attached hydrogens (tertiary/aromatic N) is 3. The summed E-state index contributed by atoms with van der Waals surface area (Å²) in [6.07, 6.45) is 5.25. The highest BCUT2D eigenvalue weighted by Crippen LogP contribution is 2.34. The van der Waals surface area contributed by atoms with Gasteiger partial charge in [0.15, 0.2) is 11.5 Å². The Morgan fingerprint density at radius 1 is 1.07 bits per heavy atom. The zero-order chi connectivity index (χ0) is 28.3. The monoisotopic (exact) mass is 553 g/mol. The number of imidazole rings is 1. The maximum atomic E-state index is 14.8. The number of carbonyl (C=O) groups excluding carboxylic acids is 2. The minimum Gasteiger partial charge on any atom is -0.493 e. The Morgan fingerprint density at radius 3 is 2.75 bits per heavy atom. The first-order chi connectivity index (χ1) is 19.5. The smallest absolute Gasteiger partial charge is 0.251 e. The van der Waals surface area contributed by atoms with Gasteiger partial charge < -0.3 is 29.4 Å². The van der Waals surface area contributed by atoms with Crippen molar-refractivity contribution in [1.82, 2.24) is 25.1 Å². The van der Waals surface area contributed by atoms with Crippen LogP contribution < -0.4 is 20.1 Å². The Kier molecular flexibility index (Phi) is 10.5. The lowest BCUT2D eigenvalue weighted by Gasteiger charge is -2.23. The largest absolute Gasteiger partial charge is 0.493 e. The van der Waals surface area contributed by atoms with Crippen LogP contribution in [0.2, 0.25) is 0 Å². The van der Waals surface area contributed by atoms with Crippen LogP contribution in [0, 0.1) is 5.82 Å². The van der Waals surface area contributed by atoms with Crippen molar-refractivity contribution >= 4 is 11.8 Å². The Hall–Kier alpha value is -3.96. The second-order valence-corrected chi connectivity index (χ2v) is 9.52. The van der Waals surface area contributed by atoms with E-state index in [-0.39, 0.29) is 36.1 Å². The van der Waals surface area contributed by atoms with E-state index in [4.69, 9.17) is 14.2 Å². The molecule has 2 aromatic carbocycles. The van der Waals surface area contributed by atoms with E-state index < -0.39 is 5.82 Å². The maximum Gasteiger partial charge on any atom is 0.251 e. The van der Waals surface area contributed by atoms with Crippen LogP contribution in [0.3, 0.4) is 0 Å². The van der Waals surface area contributed by atoms with E-state index in [1.807, 2.05) is 6.20 Å². The molecule has 3 aromatic rings. The SMILES string of the molecule is COCCn1cncc1CN1CCCNC(=O)c2ccc(c(OC)c2)Oc2cccc(F)c2CNC(=O)CCC1. The average molecular weight is 554 g/mol. The van der Waals surface area contributed by atoms with Gasteiger partial charge in [0.2, 0.25) is 5.91 Å². The third-order valence-corrected chi connectivity index (χ3v) is 6.72. The predicted octanol–water partition coefficient (Wildman–Crippen LogP) is 3.50. The van der Waals surface area contributed by atoms with Gasteiger partial charge in [-0.25, -0.2) is 9.37 Å². The van der Waals surface area contributed by atoms with E-state index in [0.29, 0.717) is 62.8 Å². The molecule has 11 heteroatoms. The summed E-state index contributed by atoms with van der Waals surface area (Å²) in [5.74, 6) is 0.0242. The number of hydrogen-bond donors (Lipinski definition) is 2. The van der Waals surface area contributed by atoms with E-state index >= 15 is 0 Å². The Labute approximate surface area is 233 Å². The van der Waals surface area contributed by atoms with Gasteiger partial charge in [-0.05, 0) is 49.7 Å². The number of nitrogens with one attached hydrogen (secondary N) is 2. The van der Waals surface area contributed by atoms with Crippen molar-refractivity contribution in [3.05, 3.63) is 71.6 Å². The zero-order valence-electron chi connectivity index (χ0n) is 23.0. The summed E-state index contributed by atoms with van der Waals surface area (Å²) in [6.45, 7) is 3.76. The summed E-state index contributed by atoms with van der Waals surface area (Å²) in [4.78, 5) is 32.1. The lowest BCUT2D eigenvalue weighted by molar-refractivity contribution is -0.121. The minimum absolute atomic E-state index is 0.0218. The first-order valence-electron chi connectivity index (χ1n) is 13.4. The van der Waals surface area contributed by atoms with Crippen molar-refractivity contribution < 1.29 is 28.2 Å². The molecule has 1 aromatic heterocycles. The number of rotatable bonds is 6. The normalized spacial score (nSPS) is 15.7. The maximum absolute atomic E-state index is 14.8. The van der Waals surface area contributed by atoms with E-state index in [2.05, 4.69) is 25.1 Å². The molecule has 0 saturated heterocycles. The molecule has 0 radical (unpaired) electrons. The molecule has 3 heterocycles. The fourth-order valence-electron chi connectivity index (χ4n) is 4.53. The highest BCUT2D eigenvalue weighted by molar-refractivity contribution is 5.94. The molecule has 0 aliphatic carbocycles. The van der Waals surface area contributed by atoms with Gasteiger partial charge in [-0.3, -0.25) is 14.5 Å². The van der Waals surface area contributed by atoms with Gasteiger partial charge >= 0.3 is 0 Å². The van der Waals surface area contributed by atoms with Crippen molar-refractivity contribution in [3.8, 4) is 17.2 Å². The Morgan fingerprint density at radius 2 is 1.93 bits per heavy atom. The molecule has 0 atom stereocenters. The summed E-state index contributed by atoms with van der Waals surface area (Å²) >= 11 is 0. The molecule has 10 nitrogen and oxygen atoms in total. The lowest BCUT2D eigenvalue weighted by atomic mass is 10.1. The lowest BCUT2D eigenvalue weighted by Crippen LogP contribution is -2.32. The number of fused-ring (bicyclic) bond motifs is 13. The summed E-state index contributed by atoms with van der Waals surface area (Å²) < 4.78 is 33.5. The molecule has 214 valence electrons. The average Bonchev–Trinajstić information content (AvgIpc) is 3.39. The van der Waals surface area contributed by atoms with Crippen LogP contribution >= 0.6 is 0 Å². The second kappa shape index (κ2) is 14.4. The number of benzene rings is 2. The summed E-state index contributed by atoms with van der Waals surface area (Å²) in [7, 11) is 3.14. The Bertz CT molecular complexity index is 1300. The summed E-state index contributed by atoms with van der Waals surface area (Å²) in [5, 5.41) is 5.79. The van der Waals surface area contributed by atoms with Gasteiger partial charge in [0.05, 0.1) is 25.7 Å². The van der Waals surface area contributed by atoms with E-state index in [9.17, 15) is 14.0 Å². The van der Waals surface area contributed by atoms with E-state index in [1.54, 1.807) is 37.7 Å². The summed E-state index contributed by atoms with van der Waals surface area (Å²) in [5.41, 5.74) is 1.69. The van der Waals surface area contributed by atoms with Crippen molar-refractivity contribution in [1.29, 1.82) is 0 Å². The number of ether oxygens (including phenoxy) is 3. The van der Waals surface area contributed by atoms with Crippen LogP contribution in [0.1, 0.15) is 40.9 Å². The van der Waals surface area contributed by atoms with Gasteiger partial charge in [-0.1, -0.05) is 6.07 Å². The van der Waals surface area contributed by atoms with Crippen molar-refractivity contribution in [2.75, 3.05) is 40.5 Å². The second-order valence-electron chi connectivity index (χ2n) is 9.52. The molecular weight excluding hydrogens is 517 g/mol. The standard InChI is InChI=1S/C29H36FN5O5/c1-38-15-14-35-20-31-17-22(35)19-34-12-4-8-28(36)33-18-23-24(30)6-3-7-25(23)40-26-10-9-21(16-27(26)39-2)29(37)32-11-5-13-34/h3,6-7,9-10,16-17,20H,4-5,8,11-15,18-19H2,1-2H3,(H,32,37)(H,33,36). The highest BCUT2D eigenvalue weighted by atomic mass is 19.1. The number of amides is 2. The predicted molar refractivity (Wildman–Crippen MR) is 147 cm³/mol. The van der Waals surface area contributed by atoms with Gasteiger partial charge in [0, 0.05) is 63.6 Å². The number of aromatic nitrogens is 2. The van der Waals surface area contributed by atoms with Crippen LogP contribution in [0.15, 0.2) is 48.9 Å². The molecule has 0 unspecified atom stereocenters. The molecule has 5 rings (SSSR count). The zero-order valence-corrected chi connectivity index (χ0v) is 23.0. The molecule has 2 N–H and O–H groups in total.